The van der Waals surface area contributed by atoms with Gasteiger partial charge in [-0.05, 0) is 24.3 Å². The van der Waals surface area contributed by atoms with Crippen LogP contribution in [0.25, 0.3) is 10.9 Å². The van der Waals surface area contributed by atoms with Gasteiger partial charge >= 0.3 is 0 Å². The summed E-state index contributed by atoms with van der Waals surface area (Å²) in [5, 5.41) is 17.8. The molecule has 3 aromatic rings. The van der Waals surface area contributed by atoms with Gasteiger partial charge < -0.3 is 19.3 Å². The summed E-state index contributed by atoms with van der Waals surface area (Å²) in [4.78, 5) is 12.9. The molecule has 0 radical (unpaired) electrons. The number of fused-ring (bicyclic) bond motifs is 1. The Morgan fingerprint density at radius 1 is 1.16 bits per heavy atom. The Labute approximate surface area is 144 Å². The molecule has 0 aliphatic rings. The monoisotopic (exact) mass is 342 g/mol. The van der Waals surface area contributed by atoms with Crippen LogP contribution in [0.1, 0.15) is 21.6 Å². The minimum Gasteiger partial charge on any atom is -0.507 e. The number of hydrogen-bond acceptors (Lipinski definition) is 6. The van der Waals surface area contributed by atoms with E-state index in [1.54, 1.807) is 31.4 Å². The van der Waals surface area contributed by atoms with E-state index in [9.17, 15) is 9.90 Å². The highest BCUT2D eigenvalue weighted by Gasteiger charge is 2.20. The minimum atomic E-state index is -0.325. The molecule has 0 spiro atoms. The first-order chi connectivity index (χ1) is 12.1. The van der Waals surface area contributed by atoms with Crippen LogP contribution in [0.15, 0.2) is 30.3 Å². The fourth-order valence-corrected chi connectivity index (χ4v) is 2.67. The number of aromatic hydroxyl groups is 1. The molecule has 0 aliphatic heterocycles. The Bertz CT molecular complexity index is 933. The number of hydrogen-bond donors (Lipinski definition) is 2. The summed E-state index contributed by atoms with van der Waals surface area (Å²) >= 11 is 0. The highest BCUT2D eigenvalue weighted by Crippen LogP contribution is 2.32. The number of phenolic OH excluding ortho intramolecular Hbond substituents is 1. The number of aromatic amines is 1. The maximum Gasteiger partial charge on any atom is 0.214 e. The van der Waals surface area contributed by atoms with Gasteiger partial charge in [-0.15, -0.1) is 0 Å². The standard InChI is InChI=1S/C18H18N2O5/c1-23-9-13-15(21)6-10(7-16(13)25-3)18(22)17-12-5-4-11(24-2)8-14(12)19-20-17/h4-8,21H,9H2,1-3H3,(H,19,20). The van der Waals surface area contributed by atoms with Crippen molar-refractivity contribution in [2.45, 2.75) is 6.61 Å². The lowest BCUT2D eigenvalue weighted by Crippen LogP contribution is -2.05. The number of aromatic nitrogens is 2. The zero-order chi connectivity index (χ0) is 18.0. The van der Waals surface area contributed by atoms with Crippen LogP contribution in [0.2, 0.25) is 0 Å². The first-order valence-electron chi connectivity index (χ1n) is 7.54. The molecule has 0 fully saturated rings. The predicted molar refractivity (Wildman–Crippen MR) is 91.5 cm³/mol. The van der Waals surface area contributed by atoms with E-state index in [2.05, 4.69) is 10.2 Å². The number of carbonyl (C=O) groups excluding carboxylic acids is 1. The van der Waals surface area contributed by atoms with E-state index in [1.807, 2.05) is 0 Å². The largest absolute Gasteiger partial charge is 0.507 e. The molecule has 0 aliphatic carbocycles. The Hall–Kier alpha value is -3.06. The van der Waals surface area contributed by atoms with Gasteiger partial charge in [-0.2, -0.15) is 5.10 Å². The first kappa shape index (κ1) is 16.8. The number of benzene rings is 2. The Morgan fingerprint density at radius 3 is 2.64 bits per heavy atom. The molecule has 1 heterocycles. The van der Waals surface area contributed by atoms with Crippen molar-refractivity contribution < 1.29 is 24.1 Å². The molecule has 130 valence electrons. The number of methoxy groups -OCH3 is 3. The van der Waals surface area contributed by atoms with Gasteiger partial charge in [-0.1, -0.05) is 0 Å². The molecule has 7 heteroatoms. The van der Waals surface area contributed by atoms with E-state index in [0.29, 0.717) is 28.0 Å². The Morgan fingerprint density at radius 2 is 1.96 bits per heavy atom. The van der Waals surface area contributed by atoms with Crippen molar-refractivity contribution in [3.63, 3.8) is 0 Å². The molecule has 2 aromatic carbocycles. The second kappa shape index (κ2) is 6.82. The number of nitrogens with one attached hydrogen (secondary N) is 1. The zero-order valence-corrected chi connectivity index (χ0v) is 14.1. The van der Waals surface area contributed by atoms with Crippen molar-refractivity contribution in [2.24, 2.45) is 0 Å². The van der Waals surface area contributed by atoms with E-state index in [1.165, 1.54) is 20.3 Å². The third kappa shape index (κ3) is 3.01. The fraction of sp³-hybridized carbons (Fsp3) is 0.222. The van der Waals surface area contributed by atoms with E-state index < -0.39 is 0 Å². The summed E-state index contributed by atoms with van der Waals surface area (Å²) in [5.41, 5.74) is 1.71. The normalized spacial score (nSPS) is 10.8. The summed E-state index contributed by atoms with van der Waals surface area (Å²) in [7, 11) is 4.56. The topological polar surface area (TPSA) is 93.7 Å². The van der Waals surface area contributed by atoms with E-state index in [0.717, 1.165) is 0 Å². The summed E-state index contributed by atoms with van der Waals surface area (Å²) in [6.45, 7) is 0.175. The molecule has 0 unspecified atom stereocenters. The van der Waals surface area contributed by atoms with Crippen LogP contribution in [0.5, 0.6) is 17.2 Å². The third-order valence-corrected chi connectivity index (χ3v) is 3.94. The van der Waals surface area contributed by atoms with Crippen molar-refractivity contribution in [1.29, 1.82) is 0 Å². The molecule has 0 saturated heterocycles. The van der Waals surface area contributed by atoms with Gasteiger partial charge in [0.05, 0.1) is 31.9 Å². The van der Waals surface area contributed by atoms with Gasteiger partial charge in [0.15, 0.2) is 0 Å². The van der Waals surface area contributed by atoms with Crippen molar-refractivity contribution >= 4 is 16.7 Å². The smallest absolute Gasteiger partial charge is 0.214 e. The van der Waals surface area contributed by atoms with Crippen molar-refractivity contribution in [2.75, 3.05) is 21.3 Å². The highest BCUT2D eigenvalue weighted by atomic mass is 16.5. The van der Waals surface area contributed by atoms with Gasteiger partial charge in [-0.25, -0.2) is 0 Å². The van der Waals surface area contributed by atoms with Crippen LogP contribution in [0.4, 0.5) is 0 Å². The van der Waals surface area contributed by atoms with Crippen LogP contribution < -0.4 is 9.47 Å². The van der Waals surface area contributed by atoms with Crippen molar-refractivity contribution in [1.82, 2.24) is 10.2 Å². The summed E-state index contributed by atoms with van der Waals surface area (Å²) in [6.07, 6.45) is 0. The fourth-order valence-electron chi connectivity index (χ4n) is 2.67. The Balaban J connectivity index is 2.05. The molecular weight excluding hydrogens is 324 g/mol. The van der Waals surface area contributed by atoms with E-state index in [-0.39, 0.29) is 29.4 Å². The van der Waals surface area contributed by atoms with Crippen molar-refractivity contribution in [3.05, 3.63) is 47.2 Å². The molecule has 0 bridgehead atoms. The quantitative estimate of drug-likeness (QED) is 0.669. The van der Waals surface area contributed by atoms with Crippen LogP contribution in [-0.4, -0.2) is 42.4 Å². The number of nitrogens with zero attached hydrogens (tertiary/aromatic N) is 1. The summed E-state index contributed by atoms with van der Waals surface area (Å²) in [5.74, 6) is 0.658. The van der Waals surface area contributed by atoms with Crippen LogP contribution in [0, 0.1) is 0 Å². The average Bonchev–Trinajstić information content (AvgIpc) is 3.05. The molecule has 0 atom stereocenters. The van der Waals surface area contributed by atoms with Crippen molar-refractivity contribution in [3.8, 4) is 17.2 Å². The maximum atomic E-state index is 12.9. The lowest BCUT2D eigenvalue weighted by molar-refractivity contribution is 0.103. The van der Waals surface area contributed by atoms with Gasteiger partial charge in [-0.3, -0.25) is 9.89 Å². The molecule has 25 heavy (non-hydrogen) atoms. The van der Waals surface area contributed by atoms with Gasteiger partial charge in [0, 0.05) is 24.1 Å². The summed E-state index contributed by atoms with van der Waals surface area (Å²) in [6, 6.07) is 8.25. The molecule has 0 saturated carbocycles. The number of ketones is 1. The van der Waals surface area contributed by atoms with E-state index in [4.69, 9.17) is 14.2 Å². The molecular formula is C18H18N2O5. The maximum absolute atomic E-state index is 12.9. The van der Waals surface area contributed by atoms with E-state index >= 15 is 0 Å². The number of phenols is 1. The third-order valence-electron chi connectivity index (χ3n) is 3.94. The number of H-pyrrole nitrogens is 1. The minimum absolute atomic E-state index is 0.0638. The molecule has 7 nitrogen and oxygen atoms in total. The van der Waals surface area contributed by atoms with Gasteiger partial charge in [0.1, 0.15) is 22.9 Å². The first-order valence-corrected chi connectivity index (χ1v) is 7.54. The number of ether oxygens (including phenoxy) is 3. The predicted octanol–water partition coefficient (Wildman–Crippen LogP) is 2.66. The lowest BCUT2D eigenvalue weighted by Gasteiger charge is -2.11. The van der Waals surface area contributed by atoms with Crippen LogP contribution >= 0.6 is 0 Å². The van der Waals surface area contributed by atoms with Gasteiger partial charge in [0.2, 0.25) is 5.78 Å². The van der Waals surface area contributed by atoms with Crippen LogP contribution in [0.3, 0.4) is 0 Å². The average molecular weight is 342 g/mol. The molecule has 1 aromatic heterocycles. The van der Waals surface area contributed by atoms with Crippen LogP contribution in [-0.2, 0) is 11.3 Å². The molecule has 3 rings (SSSR count). The highest BCUT2D eigenvalue weighted by molar-refractivity contribution is 6.15. The molecule has 0 amide bonds. The SMILES string of the molecule is COCc1c(O)cc(C(=O)c2n[nH]c3cc(OC)ccc23)cc1OC. The Kier molecular flexibility index (Phi) is 4.58. The zero-order valence-electron chi connectivity index (χ0n) is 14.1. The van der Waals surface area contributed by atoms with Gasteiger partial charge in [0.25, 0.3) is 0 Å². The number of rotatable bonds is 6. The lowest BCUT2D eigenvalue weighted by atomic mass is 10.0. The molecule has 2 N–H and O–H groups in total. The second-order valence-corrected chi connectivity index (χ2v) is 5.42. The second-order valence-electron chi connectivity index (χ2n) is 5.42. The number of carbonyl (C=O) groups is 1. The summed E-state index contributed by atoms with van der Waals surface area (Å²) < 4.78 is 15.5.